The summed E-state index contributed by atoms with van der Waals surface area (Å²) in [4.78, 5) is 27.3. The Morgan fingerprint density at radius 2 is 2.05 bits per heavy atom. The lowest BCUT2D eigenvalue weighted by Crippen LogP contribution is -2.28. The minimum absolute atomic E-state index is 0.0239. The Bertz CT molecular complexity index is 425. The van der Waals surface area contributed by atoms with E-state index < -0.39 is 0 Å². The summed E-state index contributed by atoms with van der Waals surface area (Å²) in [5.41, 5.74) is 0.575. The Morgan fingerprint density at radius 3 is 2.74 bits per heavy atom. The van der Waals surface area contributed by atoms with Crippen LogP contribution >= 0.6 is 0 Å². The van der Waals surface area contributed by atoms with Crippen LogP contribution in [0.25, 0.3) is 0 Å². The first kappa shape index (κ1) is 13.7. The third kappa shape index (κ3) is 4.47. The van der Waals surface area contributed by atoms with Gasteiger partial charge in [0.2, 0.25) is 5.91 Å². The molecule has 0 unspecified atom stereocenters. The quantitative estimate of drug-likeness (QED) is 0.799. The second kappa shape index (κ2) is 7.02. The number of nitrogens with one attached hydrogen (secondary N) is 1. The van der Waals surface area contributed by atoms with Crippen molar-refractivity contribution in [2.75, 3.05) is 6.54 Å². The number of hydrogen-bond donors (Lipinski definition) is 1. The summed E-state index contributed by atoms with van der Waals surface area (Å²) in [6, 6.07) is 3.46. The average Bonchev–Trinajstić information content (AvgIpc) is 2.96. The Kier molecular flexibility index (Phi) is 5.07. The fourth-order valence-electron chi connectivity index (χ4n) is 2.46. The van der Waals surface area contributed by atoms with Crippen molar-refractivity contribution in [2.24, 2.45) is 5.92 Å². The maximum Gasteiger partial charge on any atom is 0.220 e. The van der Waals surface area contributed by atoms with Gasteiger partial charge in [-0.1, -0.05) is 12.8 Å². The SMILES string of the molecule is O=C(CCC(=O)c1cccnc1)NCC1CCCC1. The van der Waals surface area contributed by atoms with Gasteiger partial charge >= 0.3 is 0 Å². The summed E-state index contributed by atoms with van der Waals surface area (Å²) in [5, 5.41) is 2.92. The van der Waals surface area contributed by atoms with Gasteiger partial charge in [-0.15, -0.1) is 0 Å². The van der Waals surface area contributed by atoms with Gasteiger partial charge in [-0.05, 0) is 30.9 Å². The molecule has 1 N–H and O–H groups in total. The number of nitrogens with zero attached hydrogens (tertiary/aromatic N) is 1. The molecule has 102 valence electrons. The fraction of sp³-hybridized carbons (Fsp3) is 0.533. The van der Waals surface area contributed by atoms with E-state index in [1.54, 1.807) is 24.5 Å². The zero-order valence-corrected chi connectivity index (χ0v) is 11.1. The van der Waals surface area contributed by atoms with Gasteiger partial charge in [0.15, 0.2) is 5.78 Å². The number of carbonyl (C=O) groups is 2. The first-order valence-corrected chi connectivity index (χ1v) is 6.95. The van der Waals surface area contributed by atoms with Gasteiger partial charge in [-0.2, -0.15) is 0 Å². The van der Waals surface area contributed by atoms with Gasteiger partial charge in [-0.25, -0.2) is 0 Å². The largest absolute Gasteiger partial charge is 0.356 e. The Balaban J connectivity index is 1.67. The maximum atomic E-state index is 11.8. The molecule has 0 atom stereocenters. The van der Waals surface area contributed by atoms with Crippen molar-refractivity contribution in [3.05, 3.63) is 30.1 Å². The van der Waals surface area contributed by atoms with Crippen LogP contribution in [0.15, 0.2) is 24.5 Å². The standard InChI is InChI=1S/C15H20N2O2/c18-14(13-6-3-9-16-11-13)7-8-15(19)17-10-12-4-1-2-5-12/h3,6,9,11-12H,1-2,4-5,7-8,10H2,(H,17,19). The summed E-state index contributed by atoms with van der Waals surface area (Å²) < 4.78 is 0. The van der Waals surface area contributed by atoms with Gasteiger partial charge in [0.1, 0.15) is 0 Å². The van der Waals surface area contributed by atoms with Crippen molar-refractivity contribution in [1.82, 2.24) is 10.3 Å². The van der Waals surface area contributed by atoms with E-state index in [1.165, 1.54) is 25.7 Å². The molecule has 4 heteroatoms. The van der Waals surface area contributed by atoms with Crippen LogP contribution in [0.3, 0.4) is 0 Å². The molecule has 0 bridgehead atoms. The predicted octanol–water partition coefficient (Wildman–Crippen LogP) is 2.35. The molecule has 2 rings (SSSR count). The number of hydrogen-bond acceptors (Lipinski definition) is 3. The predicted molar refractivity (Wildman–Crippen MR) is 72.8 cm³/mol. The monoisotopic (exact) mass is 260 g/mol. The molecule has 1 saturated carbocycles. The number of Topliss-reactive ketones (excluding diaryl/α,β-unsaturated/α-hetero) is 1. The molecule has 1 aromatic heterocycles. The molecule has 0 aromatic carbocycles. The van der Waals surface area contributed by atoms with Crippen molar-refractivity contribution in [2.45, 2.75) is 38.5 Å². The molecule has 1 aliphatic rings. The van der Waals surface area contributed by atoms with Crippen LogP contribution in [0, 0.1) is 5.92 Å². The van der Waals surface area contributed by atoms with Crippen LogP contribution in [-0.2, 0) is 4.79 Å². The molecule has 0 aliphatic heterocycles. The summed E-state index contributed by atoms with van der Waals surface area (Å²) >= 11 is 0. The number of rotatable bonds is 6. The lowest BCUT2D eigenvalue weighted by Gasteiger charge is -2.10. The van der Waals surface area contributed by atoms with E-state index >= 15 is 0 Å². The van der Waals surface area contributed by atoms with E-state index in [2.05, 4.69) is 10.3 Å². The molecule has 1 aliphatic carbocycles. The summed E-state index contributed by atoms with van der Waals surface area (Å²) in [5.74, 6) is 0.589. The lowest BCUT2D eigenvalue weighted by atomic mass is 10.1. The molecular formula is C15H20N2O2. The van der Waals surface area contributed by atoms with Gasteiger partial charge in [0.05, 0.1) is 0 Å². The van der Waals surface area contributed by atoms with E-state index in [0.717, 1.165) is 6.54 Å². The van der Waals surface area contributed by atoms with E-state index in [4.69, 9.17) is 0 Å². The molecule has 19 heavy (non-hydrogen) atoms. The highest BCUT2D eigenvalue weighted by Crippen LogP contribution is 2.23. The maximum absolute atomic E-state index is 11.8. The third-order valence-corrected chi connectivity index (χ3v) is 3.63. The summed E-state index contributed by atoms with van der Waals surface area (Å²) in [6.07, 6.45) is 8.68. The zero-order valence-electron chi connectivity index (χ0n) is 11.1. The van der Waals surface area contributed by atoms with Crippen LogP contribution in [0.1, 0.15) is 48.9 Å². The molecule has 0 spiro atoms. The highest BCUT2D eigenvalue weighted by atomic mass is 16.2. The molecule has 0 radical (unpaired) electrons. The number of amides is 1. The number of pyridine rings is 1. The highest BCUT2D eigenvalue weighted by molar-refractivity contribution is 5.97. The molecule has 1 aromatic rings. The number of aromatic nitrogens is 1. The van der Waals surface area contributed by atoms with Crippen molar-refractivity contribution in [3.8, 4) is 0 Å². The van der Waals surface area contributed by atoms with Crippen LogP contribution in [0.5, 0.6) is 0 Å². The van der Waals surface area contributed by atoms with Crippen molar-refractivity contribution in [3.63, 3.8) is 0 Å². The van der Waals surface area contributed by atoms with Gasteiger partial charge in [0.25, 0.3) is 0 Å². The Labute approximate surface area is 113 Å². The normalized spacial score (nSPS) is 15.4. The first-order valence-electron chi connectivity index (χ1n) is 6.95. The first-order chi connectivity index (χ1) is 9.25. The number of ketones is 1. The van der Waals surface area contributed by atoms with Crippen LogP contribution in [-0.4, -0.2) is 23.2 Å². The van der Waals surface area contributed by atoms with Crippen molar-refractivity contribution < 1.29 is 9.59 Å². The topological polar surface area (TPSA) is 59.1 Å². The van der Waals surface area contributed by atoms with Crippen molar-refractivity contribution >= 4 is 11.7 Å². The average molecular weight is 260 g/mol. The van der Waals surface area contributed by atoms with Gasteiger partial charge in [0, 0.05) is 37.3 Å². The molecule has 1 heterocycles. The molecular weight excluding hydrogens is 240 g/mol. The Hall–Kier alpha value is -1.71. The molecule has 4 nitrogen and oxygen atoms in total. The fourth-order valence-corrected chi connectivity index (χ4v) is 2.46. The highest BCUT2D eigenvalue weighted by Gasteiger charge is 2.16. The van der Waals surface area contributed by atoms with E-state index in [1.807, 2.05) is 0 Å². The number of carbonyl (C=O) groups excluding carboxylic acids is 2. The van der Waals surface area contributed by atoms with Gasteiger partial charge in [-0.3, -0.25) is 14.6 Å². The smallest absolute Gasteiger partial charge is 0.220 e. The summed E-state index contributed by atoms with van der Waals surface area (Å²) in [7, 11) is 0. The molecule has 1 amide bonds. The van der Waals surface area contributed by atoms with E-state index in [0.29, 0.717) is 11.5 Å². The molecule has 0 saturated heterocycles. The van der Waals surface area contributed by atoms with Crippen LogP contribution in [0.4, 0.5) is 0 Å². The zero-order chi connectivity index (χ0) is 13.5. The lowest BCUT2D eigenvalue weighted by molar-refractivity contribution is -0.121. The summed E-state index contributed by atoms with van der Waals surface area (Å²) in [6.45, 7) is 0.764. The Morgan fingerprint density at radius 1 is 1.26 bits per heavy atom. The van der Waals surface area contributed by atoms with Crippen molar-refractivity contribution in [1.29, 1.82) is 0 Å². The van der Waals surface area contributed by atoms with E-state index in [9.17, 15) is 9.59 Å². The minimum atomic E-state index is -0.0240. The minimum Gasteiger partial charge on any atom is -0.356 e. The van der Waals surface area contributed by atoms with E-state index in [-0.39, 0.29) is 24.5 Å². The van der Waals surface area contributed by atoms with Gasteiger partial charge < -0.3 is 5.32 Å². The van der Waals surface area contributed by atoms with Crippen LogP contribution < -0.4 is 5.32 Å². The molecule has 1 fully saturated rings. The third-order valence-electron chi connectivity index (χ3n) is 3.63. The van der Waals surface area contributed by atoms with Crippen LogP contribution in [0.2, 0.25) is 0 Å². The second-order valence-electron chi connectivity index (χ2n) is 5.12. The second-order valence-corrected chi connectivity index (χ2v) is 5.12.